The highest BCUT2D eigenvalue weighted by Gasteiger charge is 2.22. The van der Waals surface area contributed by atoms with Crippen LogP contribution in [0.15, 0.2) is 15.9 Å². The third-order valence-corrected chi connectivity index (χ3v) is 4.43. The molecule has 2 rings (SSSR count). The normalized spacial score (nSPS) is 19.8. The van der Waals surface area contributed by atoms with E-state index in [-0.39, 0.29) is 6.10 Å². The van der Waals surface area contributed by atoms with E-state index in [4.69, 9.17) is 0 Å². The van der Waals surface area contributed by atoms with Crippen LogP contribution >= 0.6 is 27.3 Å². The predicted octanol–water partition coefficient (Wildman–Crippen LogP) is 3.73. The quantitative estimate of drug-likeness (QED) is 0.878. The van der Waals surface area contributed by atoms with E-state index in [9.17, 15) is 5.11 Å². The maximum absolute atomic E-state index is 9.86. The number of thiophene rings is 1. The first-order valence-electron chi connectivity index (χ1n) is 4.69. The van der Waals surface area contributed by atoms with Crippen LogP contribution in [0.3, 0.4) is 0 Å². The summed E-state index contributed by atoms with van der Waals surface area (Å²) in [6, 6.07) is 4.02. The molecule has 0 radical (unpaired) electrons. The predicted molar refractivity (Wildman–Crippen MR) is 58.9 cm³/mol. The largest absolute Gasteiger partial charge is 0.388 e. The van der Waals surface area contributed by atoms with Gasteiger partial charge >= 0.3 is 0 Å². The molecule has 0 spiro atoms. The zero-order chi connectivity index (χ0) is 9.26. The first kappa shape index (κ1) is 9.69. The average molecular weight is 261 g/mol. The molecule has 1 aliphatic carbocycles. The van der Waals surface area contributed by atoms with Crippen molar-refractivity contribution in [3.05, 3.63) is 20.8 Å². The molecule has 1 fully saturated rings. The Morgan fingerprint density at radius 1 is 1.54 bits per heavy atom. The summed E-state index contributed by atoms with van der Waals surface area (Å²) in [5, 5.41) is 9.86. The number of hydrogen-bond donors (Lipinski definition) is 1. The van der Waals surface area contributed by atoms with Crippen LogP contribution in [0, 0.1) is 5.92 Å². The fourth-order valence-electron chi connectivity index (χ4n) is 1.67. The van der Waals surface area contributed by atoms with E-state index in [0.717, 1.165) is 21.0 Å². The molecule has 1 heterocycles. The standard InChI is InChI=1S/C10H13BrOS/c11-10-5-4-9(13-10)8(12)6-7-2-1-3-7/h4-5,7-8,12H,1-3,6H2. The Balaban J connectivity index is 1.92. The van der Waals surface area contributed by atoms with Gasteiger partial charge in [0, 0.05) is 4.88 Å². The molecule has 0 bridgehead atoms. The molecule has 1 unspecified atom stereocenters. The lowest BCUT2D eigenvalue weighted by molar-refractivity contribution is 0.121. The lowest BCUT2D eigenvalue weighted by Crippen LogP contribution is -2.14. The lowest BCUT2D eigenvalue weighted by Gasteiger charge is -2.27. The summed E-state index contributed by atoms with van der Waals surface area (Å²) >= 11 is 5.04. The Morgan fingerprint density at radius 3 is 2.77 bits per heavy atom. The Labute approximate surface area is 90.9 Å². The van der Waals surface area contributed by atoms with Crippen molar-refractivity contribution in [2.75, 3.05) is 0 Å². The van der Waals surface area contributed by atoms with E-state index in [0.29, 0.717) is 0 Å². The molecular weight excluding hydrogens is 248 g/mol. The highest BCUT2D eigenvalue weighted by atomic mass is 79.9. The van der Waals surface area contributed by atoms with Crippen LogP contribution in [0.1, 0.15) is 36.7 Å². The van der Waals surface area contributed by atoms with Gasteiger partial charge in [-0.15, -0.1) is 11.3 Å². The number of aliphatic hydroxyl groups excluding tert-OH is 1. The maximum atomic E-state index is 9.86. The van der Waals surface area contributed by atoms with Crippen LogP contribution in [0.4, 0.5) is 0 Å². The number of aliphatic hydroxyl groups is 1. The molecule has 0 amide bonds. The van der Waals surface area contributed by atoms with E-state index in [1.54, 1.807) is 11.3 Å². The number of halogens is 1. The second-order valence-corrected chi connectivity index (χ2v) is 6.18. The van der Waals surface area contributed by atoms with Gasteiger partial charge < -0.3 is 5.11 Å². The fraction of sp³-hybridized carbons (Fsp3) is 0.600. The Morgan fingerprint density at radius 2 is 2.31 bits per heavy atom. The third kappa shape index (κ3) is 2.33. The van der Waals surface area contributed by atoms with Crippen LogP contribution < -0.4 is 0 Å². The molecule has 1 aromatic rings. The molecule has 1 nitrogen and oxygen atoms in total. The van der Waals surface area contributed by atoms with E-state index in [1.807, 2.05) is 12.1 Å². The Bertz CT molecular complexity index is 280. The molecule has 0 aromatic carbocycles. The van der Waals surface area contributed by atoms with Gasteiger partial charge in [0.2, 0.25) is 0 Å². The Hall–Kier alpha value is 0.140. The summed E-state index contributed by atoms with van der Waals surface area (Å²) in [7, 11) is 0. The first-order valence-corrected chi connectivity index (χ1v) is 6.30. The smallest absolute Gasteiger partial charge is 0.0885 e. The lowest BCUT2D eigenvalue weighted by atomic mass is 9.81. The van der Waals surface area contributed by atoms with Gasteiger partial charge in [0.15, 0.2) is 0 Å². The molecule has 72 valence electrons. The number of hydrogen-bond acceptors (Lipinski definition) is 2. The molecule has 1 N–H and O–H groups in total. The van der Waals surface area contributed by atoms with Crippen LogP contribution in [0.5, 0.6) is 0 Å². The van der Waals surface area contributed by atoms with Crippen molar-refractivity contribution in [2.45, 2.75) is 31.8 Å². The van der Waals surface area contributed by atoms with E-state index in [2.05, 4.69) is 15.9 Å². The molecule has 0 saturated heterocycles. The van der Waals surface area contributed by atoms with Gasteiger partial charge in [0.1, 0.15) is 0 Å². The van der Waals surface area contributed by atoms with Crippen LogP contribution in [0.2, 0.25) is 0 Å². The second-order valence-electron chi connectivity index (χ2n) is 3.69. The van der Waals surface area contributed by atoms with Crippen molar-refractivity contribution >= 4 is 27.3 Å². The van der Waals surface area contributed by atoms with Gasteiger partial charge in [-0.2, -0.15) is 0 Å². The topological polar surface area (TPSA) is 20.2 Å². The van der Waals surface area contributed by atoms with Crippen molar-refractivity contribution in [3.63, 3.8) is 0 Å². The highest BCUT2D eigenvalue weighted by Crippen LogP contribution is 2.37. The average Bonchev–Trinajstić information content (AvgIpc) is 2.44. The van der Waals surface area contributed by atoms with Crippen molar-refractivity contribution in [3.8, 4) is 0 Å². The molecule has 3 heteroatoms. The van der Waals surface area contributed by atoms with Gasteiger partial charge in [-0.1, -0.05) is 19.3 Å². The van der Waals surface area contributed by atoms with Crippen molar-refractivity contribution in [1.29, 1.82) is 0 Å². The highest BCUT2D eigenvalue weighted by molar-refractivity contribution is 9.11. The minimum absolute atomic E-state index is 0.235. The second kappa shape index (κ2) is 4.11. The summed E-state index contributed by atoms with van der Waals surface area (Å²) in [5.74, 6) is 0.774. The molecule has 1 saturated carbocycles. The molecule has 1 aromatic heterocycles. The van der Waals surface area contributed by atoms with Gasteiger partial charge in [-0.3, -0.25) is 0 Å². The van der Waals surface area contributed by atoms with Crippen LogP contribution in [-0.2, 0) is 0 Å². The Kier molecular flexibility index (Phi) is 3.06. The number of rotatable bonds is 3. The molecule has 1 atom stereocenters. The minimum atomic E-state index is -0.235. The zero-order valence-electron chi connectivity index (χ0n) is 7.37. The van der Waals surface area contributed by atoms with Crippen LogP contribution in [-0.4, -0.2) is 5.11 Å². The monoisotopic (exact) mass is 260 g/mol. The van der Waals surface area contributed by atoms with E-state index in [1.165, 1.54) is 19.3 Å². The summed E-state index contributed by atoms with van der Waals surface area (Å²) in [6.45, 7) is 0. The van der Waals surface area contributed by atoms with Gasteiger partial charge in [0.05, 0.1) is 9.89 Å². The summed E-state index contributed by atoms with van der Waals surface area (Å²) in [6.07, 6.45) is 4.69. The maximum Gasteiger partial charge on any atom is 0.0885 e. The molecule has 0 aliphatic heterocycles. The first-order chi connectivity index (χ1) is 6.25. The van der Waals surface area contributed by atoms with E-state index < -0.39 is 0 Å². The molecule has 13 heavy (non-hydrogen) atoms. The third-order valence-electron chi connectivity index (χ3n) is 2.70. The van der Waals surface area contributed by atoms with Crippen LogP contribution in [0.25, 0.3) is 0 Å². The van der Waals surface area contributed by atoms with E-state index >= 15 is 0 Å². The van der Waals surface area contributed by atoms with Gasteiger partial charge in [-0.05, 0) is 40.4 Å². The summed E-state index contributed by atoms with van der Waals surface area (Å²) in [5.41, 5.74) is 0. The summed E-state index contributed by atoms with van der Waals surface area (Å²) < 4.78 is 1.11. The molecule has 1 aliphatic rings. The SMILES string of the molecule is OC(CC1CCC1)c1ccc(Br)s1. The minimum Gasteiger partial charge on any atom is -0.388 e. The fourth-order valence-corrected chi connectivity index (χ4v) is 3.09. The van der Waals surface area contributed by atoms with Gasteiger partial charge in [-0.25, -0.2) is 0 Å². The van der Waals surface area contributed by atoms with Gasteiger partial charge in [0.25, 0.3) is 0 Å². The molecular formula is C10H13BrOS. The van der Waals surface area contributed by atoms with Crippen molar-refractivity contribution < 1.29 is 5.11 Å². The van der Waals surface area contributed by atoms with Crippen molar-refractivity contribution in [1.82, 2.24) is 0 Å². The zero-order valence-corrected chi connectivity index (χ0v) is 9.77. The van der Waals surface area contributed by atoms with Crippen molar-refractivity contribution in [2.24, 2.45) is 5.92 Å². The summed E-state index contributed by atoms with van der Waals surface area (Å²) in [4.78, 5) is 1.10.